The highest BCUT2D eigenvalue weighted by Crippen LogP contribution is 2.45. The van der Waals surface area contributed by atoms with Crippen LogP contribution in [0.25, 0.3) is 10.9 Å². The fourth-order valence-electron chi connectivity index (χ4n) is 4.16. The number of amides is 1. The third kappa shape index (κ3) is 3.16. The zero-order valence-corrected chi connectivity index (χ0v) is 17.7. The van der Waals surface area contributed by atoms with Crippen LogP contribution in [0.3, 0.4) is 0 Å². The Hall–Kier alpha value is -3.59. The molecule has 2 heterocycles. The van der Waals surface area contributed by atoms with Crippen molar-refractivity contribution in [2.45, 2.75) is 17.0 Å². The fourth-order valence-corrected chi connectivity index (χ4v) is 4.68. The predicted molar refractivity (Wildman–Crippen MR) is 120 cm³/mol. The van der Waals surface area contributed by atoms with Gasteiger partial charge in [-0.3, -0.25) is 9.78 Å². The number of nitrogens with two attached hydrogens (primary N) is 1. The number of fused-ring (bicyclic) bond motifs is 2. The lowest BCUT2D eigenvalue weighted by atomic mass is 9.87. The lowest BCUT2D eigenvalue weighted by Gasteiger charge is -2.24. The van der Waals surface area contributed by atoms with Gasteiger partial charge in [0, 0.05) is 17.1 Å². The second kappa shape index (κ2) is 7.23. The number of benzene rings is 3. The van der Waals surface area contributed by atoms with Crippen molar-refractivity contribution in [1.82, 2.24) is 4.98 Å². The Kier molecular flexibility index (Phi) is 4.59. The Labute approximate surface area is 184 Å². The number of pyridine rings is 1. The van der Waals surface area contributed by atoms with Crippen LogP contribution in [0.2, 0.25) is 0 Å². The summed E-state index contributed by atoms with van der Waals surface area (Å²) in [6.45, 7) is 0.262. The third-order valence-corrected chi connectivity index (χ3v) is 6.68. The summed E-state index contributed by atoms with van der Waals surface area (Å²) in [5.74, 6) is -0.506. The molecule has 32 heavy (non-hydrogen) atoms. The van der Waals surface area contributed by atoms with E-state index >= 15 is 0 Å². The molecular weight excluding hydrogens is 426 g/mol. The average Bonchev–Trinajstić information content (AvgIpc) is 3.01. The molecule has 0 spiro atoms. The Bertz CT molecular complexity index is 1470. The summed E-state index contributed by atoms with van der Waals surface area (Å²) < 4.78 is 23.2. The Balaban J connectivity index is 1.57. The predicted octanol–water partition coefficient (Wildman–Crippen LogP) is 2.66. The quantitative estimate of drug-likeness (QED) is 0.501. The van der Waals surface area contributed by atoms with Gasteiger partial charge in [0.15, 0.2) is 5.60 Å². The molecule has 160 valence electrons. The van der Waals surface area contributed by atoms with Crippen LogP contribution < -0.4 is 10.0 Å². The first-order valence-electron chi connectivity index (χ1n) is 9.89. The molecule has 0 aliphatic carbocycles. The van der Waals surface area contributed by atoms with Crippen molar-refractivity contribution in [2.75, 3.05) is 4.90 Å². The standard InChI is InChI=1S/C24H19N3O4S/c25-32(30,31)19-10-8-18(9-11-19)24(29)20-5-1-2-6-22(20)27(23(24)28)15-16-7-12-21-17(14-16)4-3-13-26-21/h1-14,29H,15H2,(H2,25,30,31)/t24-/m1/s1. The van der Waals surface area contributed by atoms with Crippen molar-refractivity contribution in [3.8, 4) is 0 Å². The molecule has 3 N–H and O–H groups in total. The largest absolute Gasteiger partial charge is 0.372 e. The number of aliphatic hydroxyl groups is 1. The highest BCUT2D eigenvalue weighted by atomic mass is 32.2. The van der Waals surface area contributed by atoms with E-state index in [1.165, 1.54) is 24.3 Å². The van der Waals surface area contributed by atoms with E-state index in [1.54, 1.807) is 35.4 Å². The number of primary sulfonamides is 1. The van der Waals surface area contributed by atoms with Crippen molar-refractivity contribution >= 4 is 32.5 Å². The average molecular weight is 446 g/mol. The molecule has 5 rings (SSSR count). The Morgan fingerprint density at radius 2 is 1.72 bits per heavy atom. The van der Waals surface area contributed by atoms with E-state index in [0.29, 0.717) is 11.3 Å². The smallest absolute Gasteiger partial charge is 0.268 e. The molecule has 1 atom stereocenters. The van der Waals surface area contributed by atoms with Gasteiger partial charge in [0.2, 0.25) is 10.0 Å². The van der Waals surface area contributed by atoms with Gasteiger partial charge in [0.1, 0.15) is 0 Å². The van der Waals surface area contributed by atoms with Crippen LogP contribution in [0.15, 0.2) is 90.0 Å². The van der Waals surface area contributed by atoms with E-state index in [0.717, 1.165) is 16.5 Å². The van der Waals surface area contributed by atoms with Gasteiger partial charge in [-0.2, -0.15) is 0 Å². The first-order chi connectivity index (χ1) is 15.3. The molecule has 0 fully saturated rings. The molecule has 4 aromatic rings. The van der Waals surface area contributed by atoms with E-state index in [4.69, 9.17) is 5.14 Å². The van der Waals surface area contributed by atoms with Gasteiger partial charge in [-0.25, -0.2) is 13.6 Å². The maximum absolute atomic E-state index is 13.6. The summed E-state index contributed by atoms with van der Waals surface area (Å²) in [5, 5.41) is 17.7. The first-order valence-corrected chi connectivity index (χ1v) is 11.4. The zero-order chi connectivity index (χ0) is 22.5. The number of anilines is 1. The molecule has 0 unspecified atom stereocenters. The topological polar surface area (TPSA) is 114 Å². The highest BCUT2D eigenvalue weighted by Gasteiger charge is 2.50. The van der Waals surface area contributed by atoms with Gasteiger partial charge >= 0.3 is 0 Å². The fraction of sp³-hybridized carbons (Fsp3) is 0.0833. The normalized spacial score (nSPS) is 18.2. The van der Waals surface area contributed by atoms with Crippen LogP contribution in [-0.4, -0.2) is 24.4 Å². The van der Waals surface area contributed by atoms with E-state index < -0.39 is 21.5 Å². The van der Waals surface area contributed by atoms with Crippen LogP contribution in [0.1, 0.15) is 16.7 Å². The van der Waals surface area contributed by atoms with E-state index in [9.17, 15) is 18.3 Å². The minimum absolute atomic E-state index is 0.0924. The molecule has 0 bridgehead atoms. The number of hydrogen-bond acceptors (Lipinski definition) is 5. The maximum atomic E-state index is 13.6. The summed E-state index contributed by atoms with van der Waals surface area (Å²) in [6, 6.07) is 22.0. The zero-order valence-electron chi connectivity index (χ0n) is 16.8. The summed E-state index contributed by atoms with van der Waals surface area (Å²) in [4.78, 5) is 19.3. The van der Waals surface area contributed by atoms with Crippen molar-refractivity contribution in [2.24, 2.45) is 5.14 Å². The number of aromatic nitrogens is 1. The van der Waals surface area contributed by atoms with Crippen molar-refractivity contribution in [3.05, 3.63) is 102 Å². The van der Waals surface area contributed by atoms with Crippen molar-refractivity contribution < 1.29 is 18.3 Å². The van der Waals surface area contributed by atoms with Crippen molar-refractivity contribution in [3.63, 3.8) is 0 Å². The van der Waals surface area contributed by atoms with Crippen LogP contribution >= 0.6 is 0 Å². The van der Waals surface area contributed by atoms with E-state index in [2.05, 4.69) is 4.98 Å². The van der Waals surface area contributed by atoms with E-state index in [1.807, 2.05) is 30.3 Å². The summed E-state index contributed by atoms with van der Waals surface area (Å²) in [7, 11) is -3.89. The number of nitrogens with zero attached hydrogens (tertiary/aromatic N) is 2. The third-order valence-electron chi connectivity index (χ3n) is 5.75. The monoisotopic (exact) mass is 445 g/mol. The number of sulfonamides is 1. The number of carbonyl (C=O) groups is 1. The first kappa shape index (κ1) is 20.3. The van der Waals surface area contributed by atoms with Crippen LogP contribution in [0.4, 0.5) is 5.69 Å². The van der Waals surface area contributed by atoms with Crippen LogP contribution in [-0.2, 0) is 27.0 Å². The van der Waals surface area contributed by atoms with Gasteiger partial charge in [-0.05, 0) is 47.5 Å². The Morgan fingerprint density at radius 3 is 2.47 bits per heavy atom. The molecule has 1 aliphatic rings. The second-order valence-electron chi connectivity index (χ2n) is 7.72. The minimum Gasteiger partial charge on any atom is -0.372 e. The molecule has 1 aromatic heterocycles. The molecule has 0 radical (unpaired) electrons. The molecule has 7 nitrogen and oxygen atoms in total. The lowest BCUT2D eigenvalue weighted by Crippen LogP contribution is -2.40. The van der Waals surface area contributed by atoms with Crippen LogP contribution in [0, 0.1) is 0 Å². The number of rotatable bonds is 4. The Morgan fingerprint density at radius 1 is 0.969 bits per heavy atom. The summed E-state index contributed by atoms with van der Waals surface area (Å²) in [5.41, 5.74) is 1.12. The highest BCUT2D eigenvalue weighted by molar-refractivity contribution is 7.89. The van der Waals surface area contributed by atoms with Gasteiger partial charge in [0.05, 0.1) is 22.6 Å². The maximum Gasteiger partial charge on any atom is 0.268 e. The van der Waals surface area contributed by atoms with E-state index in [-0.39, 0.29) is 17.0 Å². The summed E-state index contributed by atoms with van der Waals surface area (Å²) >= 11 is 0. The molecule has 0 saturated carbocycles. The number of para-hydroxylation sites is 1. The van der Waals surface area contributed by atoms with Crippen molar-refractivity contribution in [1.29, 1.82) is 0 Å². The lowest BCUT2D eigenvalue weighted by molar-refractivity contribution is -0.132. The van der Waals surface area contributed by atoms with Gasteiger partial charge in [-0.15, -0.1) is 0 Å². The minimum atomic E-state index is -3.89. The number of carbonyl (C=O) groups excluding carboxylic acids is 1. The van der Waals surface area contributed by atoms with Gasteiger partial charge < -0.3 is 10.0 Å². The molecule has 1 aliphatic heterocycles. The van der Waals surface area contributed by atoms with Gasteiger partial charge in [0.25, 0.3) is 5.91 Å². The SMILES string of the molecule is NS(=O)(=O)c1ccc([C@]2(O)C(=O)N(Cc3ccc4ncccc4c3)c3ccccc32)cc1. The molecule has 8 heteroatoms. The molecule has 3 aromatic carbocycles. The molecular formula is C24H19N3O4S. The number of hydrogen-bond donors (Lipinski definition) is 2. The molecule has 0 saturated heterocycles. The van der Waals surface area contributed by atoms with Crippen LogP contribution in [0.5, 0.6) is 0 Å². The molecule has 1 amide bonds. The second-order valence-corrected chi connectivity index (χ2v) is 9.28. The van der Waals surface area contributed by atoms with Gasteiger partial charge in [-0.1, -0.05) is 42.5 Å². The summed E-state index contributed by atoms with van der Waals surface area (Å²) in [6.07, 6.45) is 1.73.